The number of ether oxygens (including phenoxy) is 1. The van der Waals surface area contributed by atoms with Gasteiger partial charge in [0, 0.05) is 12.8 Å². The normalized spacial score (nSPS) is 14.1. The van der Waals surface area contributed by atoms with Crippen LogP contribution in [0.25, 0.3) is 0 Å². The van der Waals surface area contributed by atoms with Crippen molar-refractivity contribution in [1.29, 1.82) is 0 Å². The molecule has 1 amide bonds. The van der Waals surface area contributed by atoms with E-state index >= 15 is 0 Å². The molecule has 0 rings (SSSR count). The first-order valence-corrected chi connectivity index (χ1v) is 21.9. The molecule has 0 aliphatic heterocycles. The molecule has 11 nitrogen and oxygen atoms in total. The maximum Gasteiger partial charge on any atom is 0.472 e. The number of phosphoric ester groups is 1. The predicted molar refractivity (Wildman–Crippen MR) is 208 cm³/mol. The molecule has 0 saturated heterocycles. The lowest BCUT2D eigenvalue weighted by molar-refractivity contribution is -0.147. The number of amides is 1. The Labute approximate surface area is 315 Å². The van der Waals surface area contributed by atoms with Crippen molar-refractivity contribution >= 4 is 25.7 Å². The van der Waals surface area contributed by atoms with E-state index in [0.29, 0.717) is 12.8 Å². The summed E-state index contributed by atoms with van der Waals surface area (Å²) in [5, 5.41) is 21.8. The van der Waals surface area contributed by atoms with Gasteiger partial charge in [0.1, 0.15) is 12.7 Å². The van der Waals surface area contributed by atoms with E-state index < -0.39 is 57.6 Å². The Bertz CT molecular complexity index is 989. The quantitative estimate of drug-likeness (QED) is 0.0206. The topological polar surface area (TPSA) is 169 Å². The first-order chi connectivity index (χ1) is 25.1. The number of rotatable bonds is 38. The molecule has 12 heteroatoms. The number of aliphatic hydroxyl groups excluding tert-OH is 1. The molecule has 304 valence electrons. The van der Waals surface area contributed by atoms with E-state index in [-0.39, 0.29) is 12.8 Å². The molecular weight excluding hydrogens is 685 g/mol. The molecule has 3 atom stereocenters. The minimum atomic E-state index is -4.75. The van der Waals surface area contributed by atoms with Crippen molar-refractivity contribution in [3.63, 3.8) is 0 Å². The molecule has 0 saturated carbocycles. The van der Waals surface area contributed by atoms with E-state index in [1.807, 2.05) is 0 Å². The number of phosphoric acid groups is 1. The number of carbonyl (C=O) groups excluding carboxylic acids is 2. The third-order valence-electron chi connectivity index (χ3n) is 8.71. The number of carboxylic acids is 1. The zero-order valence-electron chi connectivity index (χ0n) is 32.6. The Hall–Kier alpha value is -2.04. The smallest absolute Gasteiger partial charge is 0.472 e. The molecule has 0 heterocycles. The summed E-state index contributed by atoms with van der Waals surface area (Å²) >= 11 is 0. The second kappa shape index (κ2) is 36.0. The van der Waals surface area contributed by atoms with Crippen LogP contribution in [-0.4, -0.2) is 64.9 Å². The van der Waals surface area contributed by atoms with Crippen LogP contribution in [0.3, 0.4) is 0 Å². The van der Waals surface area contributed by atoms with Gasteiger partial charge in [-0.05, 0) is 64.2 Å². The molecule has 52 heavy (non-hydrogen) atoms. The highest BCUT2D eigenvalue weighted by Gasteiger charge is 2.28. The molecule has 0 fully saturated rings. The number of nitrogens with one attached hydrogen (secondary N) is 1. The lowest BCUT2D eigenvalue weighted by Crippen LogP contribution is -2.43. The van der Waals surface area contributed by atoms with E-state index in [2.05, 4.69) is 43.5 Å². The maximum absolute atomic E-state index is 12.3. The summed E-state index contributed by atoms with van der Waals surface area (Å²) in [6, 6.07) is -1.55. The van der Waals surface area contributed by atoms with Crippen molar-refractivity contribution in [1.82, 2.24) is 5.32 Å². The number of hydrogen-bond donors (Lipinski definition) is 4. The summed E-state index contributed by atoms with van der Waals surface area (Å²) in [6.45, 7) is 2.55. The maximum atomic E-state index is 12.3. The van der Waals surface area contributed by atoms with Gasteiger partial charge in [-0.2, -0.15) is 0 Å². The fraction of sp³-hybridized carbons (Fsp3) is 0.825. The van der Waals surface area contributed by atoms with Gasteiger partial charge in [0.05, 0.1) is 13.2 Å². The largest absolute Gasteiger partial charge is 0.480 e. The van der Waals surface area contributed by atoms with Crippen LogP contribution >= 0.6 is 7.82 Å². The minimum absolute atomic E-state index is 0.136. The summed E-state index contributed by atoms with van der Waals surface area (Å²) in [4.78, 5) is 45.8. The van der Waals surface area contributed by atoms with Crippen molar-refractivity contribution < 1.29 is 47.8 Å². The van der Waals surface area contributed by atoms with Crippen LogP contribution in [0.5, 0.6) is 0 Å². The van der Waals surface area contributed by atoms with Gasteiger partial charge in [-0.1, -0.05) is 128 Å². The molecule has 4 N–H and O–H groups in total. The van der Waals surface area contributed by atoms with Crippen molar-refractivity contribution in [2.24, 2.45) is 0 Å². The monoisotopic (exact) mass is 760 g/mol. The van der Waals surface area contributed by atoms with Crippen LogP contribution in [0, 0.1) is 0 Å². The summed E-state index contributed by atoms with van der Waals surface area (Å²) in [5.41, 5.74) is 0. The van der Waals surface area contributed by atoms with Crippen molar-refractivity contribution in [3.8, 4) is 0 Å². The number of unbranched alkanes of at least 4 members (excludes halogenated alkanes) is 20. The fourth-order valence-corrected chi connectivity index (χ4v) is 6.25. The highest BCUT2D eigenvalue weighted by atomic mass is 31.2. The van der Waals surface area contributed by atoms with Gasteiger partial charge >= 0.3 is 19.8 Å². The predicted octanol–water partition coefficient (Wildman–Crippen LogP) is 9.89. The lowest BCUT2D eigenvalue weighted by atomic mass is 10.1. The number of hydrogen-bond acceptors (Lipinski definition) is 8. The van der Waals surface area contributed by atoms with Gasteiger partial charge in [-0.15, -0.1) is 0 Å². The zero-order chi connectivity index (χ0) is 38.5. The SMILES string of the molecule is CCCCCCC/C=C\CCCCCCCC(=O)NC(COP(=O)(O)OCC(O)COC(=O)CCCCCCC/C=C\CCCCCCC)C(=O)O. The summed E-state index contributed by atoms with van der Waals surface area (Å²) < 4.78 is 26.7. The van der Waals surface area contributed by atoms with E-state index in [4.69, 9.17) is 13.8 Å². The Morgan fingerprint density at radius 1 is 0.596 bits per heavy atom. The highest BCUT2D eigenvalue weighted by molar-refractivity contribution is 7.47. The van der Waals surface area contributed by atoms with Gasteiger partial charge in [0.2, 0.25) is 5.91 Å². The van der Waals surface area contributed by atoms with E-state index in [1.54, 1.807) is 0 Å². The number of aliphatic carboxylic acids is 1. The first kappa shape index (κ1) is 50.0. The third-order valence-corrected chi connectivity index (χ3v) is 9.66. The highest BCUT2D eigenvalue weighted by Crippen LogP contribution is 2.43. The van der Waals surface area contributed by atoms with Gasteiger partial charge in [-0.3, -0.25) is 18.6 Å². The molecule has 3 unspecified atom stereocenters. The summed E-state index contributed by atoms with van der Waals surface area (Å²) in [5.74, 6) is -2.39. The average Bonchev–Trinajstić information content (AvgIpc) is 3.11. The molecule has 0 aliphatic carbocycles. The van der Waals surface area contributed by atoms with Crippen LogP contribution in [0.2, 0.25) is 0 Å². The van der Waals surface area contributed by atoms with Gasteiger partial charge in [0.15, 0.2) is 6.04 Å². The Balaban J connectivity index is 3.96. The second-order valence-corrected chi connectivity index (χ2v) is 15.3. The van der Waals surface area contributed by atoms with Crippen LogP contribution in [0.4, 0.5) is 0 Å². The second-order valence-electron chi connectivity index (χ2n) is 13.8. The number of aliphatic hydroxyl groups is 1. The molecule has 0 bridgehead atoms. The molecule has 0 aromatic carbocycles. The van der Waals surface area contributed by atoms with Crippen molar-refractivity contribution in [3.05, 3.63) is 24.3 Å². The first-order valence-electron chi connectivity index (χ1n) is 20.4. The molecule has 0 radical (unpaired) electrons. The standard InChI is InChI=1S/C40H74NO10P/c1-3-5-7-9-11-13-15-17-19-21-23-25-27-29-31-38(43)41-37(40(45)46)35-51-52(47,48)50-34-36(42)33-49-39(44)32-30-28-26-24-22-20-18-16-14-12-10-8-6-4-2/h15-18,36-37,42H,3-14,19-35H2,1-2H3,(H,41,43)(H,45,46)(H,47,48)/b17-15-,18-16-. The molecule has 0 spiro atoms. The molecular formula is C40H74NO10P. The van der Waals surface area contributed by atoms with Crippen molar-refractivity contribution in [2.75, 3.05) is 19.8 Å². The van der Waals surface area contributed by atoms with Crippen LogP contribution in [-0.2, 0) is 32.7 Å². The van der Waals surface area contributed by atoms with Crippen molar-refractivity contribution in [2.45, 2.75) is 193 Å². The fourth-order valence-electron chi connectivity index (χ4n) is 5.48. The summed E-state index contributed by atoms with van der Waals surface area (Å²) in [6.07, 6.45) is 34.9. The van der Waals surface area contributed by atoms with Gasteiger partial charge in [-0.25, -0.2) is 9.36 Å². The molecule has 0 aromatic heterocycles. The molecule has 0 aliphatic rings. The number of allylic oxidation sites excluding steroid dienone is 4. The number of carbonyl (C=O) groups is 3. The third kappa shape index (κ3) is 35.0. The molecule has 0 aromatic rings. The average molecular weight is 760 g/mol. The zero-order valence-corrected chi connectivity index (χ0v) is 33.5. The van der Waals surface area contributed by atoms with Gasteiger partial charge < -0.3 is 25.2 Å². The number of esters is 1. The summed E-state index contributed by atoms with van der Waals surface area (Å²) in [7, 11) is -4.75. The minimum Gasteiger partial charge on any atom is -0.480 e. The van der Waals surface area contributed by atoms with Crippen LogP contribution in [0.15, 0.2) is 24.3 Å². The van der Waals surface area contributed by atoms with Crippen LogP contribution in [0.1, 0.15) is 181 Å². The van der Waals surface area contributed by atoms with E-state index in [0.717, 1.165) is 77.0 Å². The van der Waals surface area contributed by atoms with Crippen LogP contribution < -0.4 is 5.32 Å². The Morgan fingerprint density at radius 3 is 1.46 bits per heavy atom. The van der Waals surface area contributed by atoms with Gasteiger partial charge in [0.25, 0.3) is 0 Å². The van der Waals surface area contributed by atoms with E-state index in [1.165, 1.54) is 64.2 Å². The Kier molecular flexibility index (Phi) is 34.6. The van der Waals surface area contributed by atoms with E-state index in [9.17, 15) is 34.1 Å². The Morgan fingerprint density at radius 2 is 1.00 bits per heavy atom. The number of carboxylic acid groups (broad SMARTS) is 1. The lowest BCUT2D eigenvalue weighted by Gasteiger charge is -2.18.